The number of carbonyl (C=O) groups is 2. The summed E-state index contributed by atoms with van der Waals surface area (Å²) in [6.07, 6.45) is 22.1. The number of hydrogen-bond donors (Lipinski definition) is 5. The molecule has 456 valence electrons. The van der Waals surface area contributed by atoms with Crippen LogP contribution in [0.1, 0.15) is 158 Å². The van der Waals surface area contributed by atoms with Crippen LogP contribution in [0.2, 0.25) is 0 Å². The van der Waals surface area contributed by atoms with Crippen LogP contribution in [0.3, 0.4) is 0 Å². The van der Waals surface area contributed by atoms with Crippen molar-refractivity contribution in [2.45, 2.75) is 190 Å². The number of thioether (sulfide) groups is 2. The monoisotopic (exact) mass is 1220 g/mol. The average Bonchev–Trinajstić information content (AvgIpc) is 2.24. The van der Waals surface area contributed by atoms with E-state index in [0.29, 0.717) is 99.3 Å². The highest BCUT2D eigenvalue weighted by molar-refractivity contribution is 7.98. The van der Waals surface area contributed by atoms with Crippen molar-refractivity contribution in [3.63, 3.8) is 0 Å². The van der Waals surface area contributed by atoms with Gasteiger partial charge < -0.3 is 44.7 Å². The second-order valence-electron chi connectivity index (χ2n) is 24.0. The number of aryl methyl sites for hydroxylation is 2. The van der Waals surface area contributed by atoms with Crippen molar-refractivity contribution in [2.24, 2.45) is 17.6 Å². The van der Waals surface area contributed by atoms with Crippen LogP contribution in [0.5, 0.6) is 0 Å². The number of nitrogens with zero attached hydrogens (tertiary/aromatic N) is 6. The molecular weight excluding hydrogens is 1130 g/mol. The van der Waals surface area contributed by atoms with Gasteiger partial charge in [0.1, 0.15) is 22.9 Å². The maximum atomic E-state index is 14.4. The van der Waals surface area contributed by atoms with E-state index in [1.807, 2.05) is 56.9 Å². The van der Waals surface area contributed by atoms with Gasteiger partial charge in [0.2, 0.25) is 0 Å². The molecule has 0 aromatic carbocycles. The number of pyridine rings is 4. The van der Waals surface area contributed by atoms with E-state index in [0.717, 1.165) is 104 Å². The van der Waals surface area contributed by atoms with Crippen LogP contribution in [0.15, 0.2) is 56.0 Å². The molecule has 2 atom stereocenters. The van der Waals surface area contributed by atoms with E-state index >= 15 is 0 Å². The van der Waals surface area contributed by atoms with Crippen molar-refractivity contribution in [1.82, 2.24) is 44.2 Å². The maximum absolute atomic E-state index is 14.4. The summed E-state index contributed by atoms with van der Waals surface area (Å²) in [4.78, 5) is 70.6. The quantitative estimate of drug-likeness (QED) is 0.0537. The first kappa shape index (κ1) is 63.4. The highest BCUT2D eigenvalue weighted by Crippen LogP contribution is 2.42. The molecule has 12 rings (SSSR count). The zero-order valence-electron chi connectivity index (χ0n) is 49.6. The standard InChI is InChI=1S/C31H40FN5O3S.C23H30FN3O3.C8H12N2OS.ClH/c1-17-11-27(41-4)26(30(38)35-17)14-34-31(39)28-19(3)37(29-25(28)12-21(32)13-33-29)18(2)20-5-7-22(8-6-20)36-15-24(16-36)40-23-9-10-23;1-13(27-14(2)21(23(28)29)20-9-16(24)10-25-22(20)27)15-3-5-17(6-4-15)26-11-19(12-26)30-18-7-8-18;1-5-3-7(12-2)6(4-9)8(11)10-5;/h11-13,18,20,22-24H,5-10,14-16H2,1-4H3,(H,34,39)(H,35,38);9-10,13,15,17-19H,3-8,11-12H2,1-2H3,(H,28,29);3H,4,9H2,1-2H3,(H,10,11);1H/t18-,20?,22?;13-,15?,17?;;/m11../s1. The Labute approximate surface area is 504 Å². The van der Waals surface area contributed by atoms with Crippen LogP contribution in [-0.2, 0) is 22.6 Å². The number of aromatic amines is 2. The van der Waals surface area contributed by atoms with Gasteiger partial charge in [-0.25, -0.2) is 23.5 Å². The number of ether oxygens (including phenoxy) is 2. The Bertz CT molecular complexity index is 3450. The summed E-state index contributed by atoms with van der Waals surface area (Å²) in [5.74, 6) is -1.44. The van der Waals surface area contributed by atoms with Gasteiger partial charge in [-0.3, -0.25) is 24.2 Å². The number of fused-ring (bicyclic) bond motifs is 2. The van der Waals surface area contributed by atoms with E-state index in [-0.39, 0.29) is 53.6 Å². The summed E-state index contributed by atoms with van der Waals surface area (Å²) in [5.41, 5.74) is 11.2. The van der Waals surface area contributed by atoms with E-state index in [2.05, 4.69) is 53.5 Å². The summed E-state index contributed by atoms with van der Waals surface area (Å²) >= 11 is 3.02. The number of carbonyl (C=O) groups excluding carboxylic acids is 1. The van der Waals surface area contributed by atoms with Crippen molar-refractivity contribution in [3.05, 3.63) is 114 Å². The summed E-state index contributed by atoms with van der Waals surface area (Å²) in [6, 6.07) is 8.03. The smallest absolute Gasteiger partial charge is 0.338 e. The molecule has 6 aliphatic rings. The molecule has 6 fully saturated rings. The summed E-state index contributed by atoms with van der Waals surface area (Å²) in [5, 5.41) is 13.5. The Balaban J connectivity index is 0.000000172. The number of carboxylic acid groups (broad SMARTS) is 1. The summed E-state index contributed by atoms with van der Waals surface area (Å²) in [7, 11) is 0. The average molecular weight is 1220 g/mol. The lowest BCUT2D eigenvalue weighted by molar-refractivity contribution is -0.0864. The van der Waals surface area contributed by atoms with Gasteiger partial charge in [-0.2, -0.15) is 0 Å². The van der Waals surface area contributed by atoms with Gasteiger partial charge >= 0.3 is 5.97 Å². The molecule has 6 aromatic heterocycles. The minimum Gasteiger partial charge on any atom is -0.478 e. The lowest BCUT2D eigenvalue weighted by Gasteiger charge is -2.47. The third-order valence-electron chi connectivity index (χ3n) is 18.3. The van der Waals surface area contributed by atoms with Gasteiger partial charge in [0.15, 0.2) is 0 Å². The molecule has 2 saturated heterocycles. The van der Waals surface area contributed by atoms with Gasteiger partial charge in [0, 0.05) is 118 Å². The number of halogens is 3. The van der Waals surface area contributed by atoms with Crippen LogP contribution < -0.4 is 22.2 Å². The highest BCUT2D eigenvalue weighted by atomic mass is 35.5. The largest absolute Gasteiger partial charge is 0.478 e. The predicted molar refractivity (Wildman–Crippen MR) is 329 cm³/mol. The van der Waals surface area contributed by atoms with Crippen molar-refractivity contribution in [1.29, 1.82) is 0 Å². The van der Waals surface area contributed by atoms with Crippen LogP contribution in [0.25, 0.3) is 22.1 Å². The maximum Gasteiger partial charge on any atom is 0.338 e. The van der Waals surface area contributed by atoms with Gasteiger partial charge in [-0.05, 0) is 167 Å². The molecule has 4 aliphatic carbocycles. The molecule has 8 heterocycles. The molecule has 17 nitrogen and oxygen atoms in total. The molecule has 84 heavy (non-hydrogen) atoms. The molecule has 6 N–H and O–H groups in total. The zero-order valence-corrected chi connectivity index (χ0v) is 52.1. The second-order valence-corrected chi connectivity index (χ2v) is 25.7. The van der Waals surface area contributed by atoms with Gasteiger partial charge in [0.05, 0.1) is 47.9 Å². The number of amides is 1. The van der Waals surface area contributed by atoms with Gasteiger partial charge in [0.25, 0.3) is 17.0 Å². The Kier molecular flexibility index (Phi) is 20.6. The Morgan fingerprint density at radius 2 is 1.06 bits per heavy atom. The lowest BCUT2D eigenvalue weighted by atomic mass is 9.80. The van der Waals surface area contributed by atoms with Crippen LogP contribution in [0.4, 0.5) is 8.78 Å². The lowest BCUT2D eigenvalue weighted by Crippen LogP contribution is -2.57. The Morgan fingerprint density at radius 3 is 1.46 bits per heavy atom. The van der Waals surface area contributed by atoms with Crippen LogP contribution in [-0.4, -0.2) is 131 Å². The van der Waals surface area contributed by atoms with E-state index in [9.17, 15) is 33.1 Å². The van der Waals surface area contributed by atoms with Gasteiger partial charge in [-0.15, -0.1) is 35.9 Å². The molecule has 0 unspecified atom stereocenters. The van der Waals surface area contributed by atoms with E-state index in [1.165, 1.54) is 62.0 Å². The van der Waals surface area contributed by atoms with Crippen molar-refractivity contribution in [3.8, 4) is 0 Å². The summed E-state index contributed by atoms with van der Waals surface area (Å²) < 4.78 is 44.4. The Hall–Kier alpha value is -5.13. The van der Waals surface area contributed by atoms with E-state index in [1.54, 1.807) is 11.8 Å². The normalized spacial score (nSPS) is 22.0. The number of likely N-dealkylation sites (tertiary alicyclic amines) is 2. The van der Waals surface area contributed by atoms with E-state index in [4.69, 9.17) is 15.2 Å². The van der Waals surface area contributed by atoms with Crippen LogP contribution >= 0.6 is 35.9 Å². The SMILES string of the molecule is CSc1cc(C)[nH]c(=O)c1CN.CSc1cc(C)[nH]c(=O)c1CNC(=O)c1c(C)n([C@H](C)C2CCC(N3CC(OC4CC4)C3)CC2)c2ncc(F)cc12.Cc1c(C(=O)O)c2cc(F)cnc2n1[C@H](C)C1CCC(N2CC(OC3CC3)C2)CC1.Cl. The fraction of sp³-hybridized carbons (Fsp3) is 0.581. The Morgan fingerprint density at radius 1 is 0.655 bits per heavy atom. The van der Waals surface area contributed by atoms with Crippen molar-refractivity contribution < 1.29 is 33.0 Å². The number of carboxylic acids is 1. The first-order valence-electron chi connectivity index (χ1n) is 29.7. The van der Waals surface area contributed by atoms with Gasteiger partial charge in [-0.1, -0.05) is 0 Å². The molecule has 4 saturated carbocycles. The number of hydrogen-bond acceptors (Lipinski definition) is 13. The molecule has 6 aromatic rings. The first-order chi connectivity index (χ1) is 39.8. The third-order valence-corrected chi connectivity index (χ3v) is 20.0. The first-order valence-corrected chi connectivity index (χ1v) is 32.1. The molecule has 2 aliphatic heterocycles. The molecule has 0 radical (unpaired) electrons. The molecular formula is C62H83ClF2N10O7S2. The fourth-order valence-corrected chi connectivity index (χ4v) is 14.9. The molecule has 22 heteroatoms. The minimum atomic E-state index is -1.03. The number of H-pyrrole nitrogens is 2. The number of nitrogens with two attached hydrogens (primary N) is 1. The topological polar surface area (TPSA) is 219 Å². The predicted octanol–water partition coefficient (Wildman–Crippen LogP) is 10.6. The molecule has 0 spiro atoms. The number of nitrogens with one attached hydrogen (secondary N) is 3. The number of aromatic carboxylic acids is 1. The second kappa shape index (κ2) is 27.3. The highest BCUT2D eigenvalue weighted by Gasteiger charge is 2.41. The van der Waals surface area contributed by atoms with Crippen molar-refractivity contribution >= 4 is 69.9 Å². The molecule has 0 bridgehead atoms. The number of rotatable bonds is 17. The molecule has 1 amide bonds. The fourth-order valence-electron chi connectivity index (χ4n) is 13.5. The summed E-state index contributed by atoms with van der Waals surface area (Å²) in [6.45, 7) is 16.4. The third kappa shape index (κ3) is 14.0. The number of aromatic nitrogens is 6. The van der Waals surface area contributed by atoms with Crippen molar-refractivity contribution in [2.75, 3.05) is 38.7 Å². The zero-order chi connectivity index (χ0) is 59.0. The minimum absolute atomic E-state index is 0. The van der Waals surface area contributed by atoms with E-state index < -0.39 is 17.6 Å². The van der Waals surface area contributed by atoms with Crippen LogP contribution in [0, 0.1) is 51.2 Å².